The van der Waals surface area contributed by atoms with Crippen LogP contribution in [0.25, 0.3) is 12.2 Å². The normalized spacial score (nSPS) is 13.4. The van der Waals surface area contributed by atoms with E-state index in [0.29, 0.717) is 31.2 Å². The van der Waals surface area contributed by atoms with E-state index in [9.17, 15) is 53.4 Å². The van der Waals surface area contributed by atoms with Crippen LogP contribution in [0.3, 0.4) is 0 Å². The Labute approximate surface area is 615 Å². The van der Waals surface area contributed by atoms with Crippen LogP contribution >= 0.6 is 15.6 Å². The molecule has 95 heavy (non-hydrogen) atoms. The van der Waals surface area contributed by atoms with Crippen LogP contribution in [0, 0.1) is 0 Å². The van der Waals surface area contributed by atoms with Crippen LogP contribution in [0.15, 0.2) is 42.5 Å². The van der Waals surface area contributed by atoms with Gasteiger partial charge in [-0.2, -0.15) is 0 Å². The number of hydrogen-bond donors (Lipinski definition) is 4. The standard InChI is InChI=1S/C57H110O17P2.C14H12O3.2Na/c1-5-9-13-17-21-25-29-33-37-41-54(59)67-47-52(73-56(61)43-39-35-31-27-23-19-15-11-7-3)49-71-75(63,64)69-45-51(58)46-70-76(65,66)72-50-53(74-57(62)44-40-36-32-28-24-20-16-12-8-4)48-68-55(60)42-38-34-30-26-22-18-14-10-6-2;15-12-5-3-10(4-6-12)1-2-11-7-13(16)9-14(17)8-11;;/h51-53,58H,5-50H2,1-4H3,(H,63,64)(H,65,66);1-9,15-17H;;/q;;2*+1/p-2. The number of esters is 4. The Morgan fingerprint density at radius 2 is 0.632 bits per heavy atom. The second-order valence-electron chi connectivity index (χ2n) is 24.3. The van der Waals surface area contributed by atoms with Gasteiger partial charge in [-0.05, 0) is 61.1 Å². The fraction of sp³-hybridized carbons (Fsp3) is 0.746. The van der Waals surface area contributed by atoms with Crippen molar-refractivity contribution < 1.29 is 155 Å². The van der Waals surface area contributed by atoms with Crippen LogP contribution in [-0.4, -0.2) is 102 Å². The van der Waals surface area contributed by atoms with E-state index >= 15 is 0 Å². The first-order chi connectivity index (χ1) is 44.8. The Kier molecular flexibility index (Phi) is 63.6. The number of phenols is 3. The minimum absolute atomic E-state index is 0. The van der Waals surface area contributed by atoms with Crippen LogP contribution in [-0.2, 0) is 65.4 Å². The number of carbonyl (C=O) groups is 4. The minimum Gasteiger partial charge on any atom is -0.756 e. The Morgan fingerprint density at radius 1 is 0.368 bits per heavy atom. The molecule has 0 radical (unpaired) electrons. The van der Waals surface area contributed by atoms with Crippen molar-refractivity contribution in [2.75, 3.05) is 39.6 Å². The molecule has 4 atom stereocenters. The first-order valence-electron chi connectivity index (χ1n) is 35.4. The first-order valence-corrected chi connectivity index (χ1v) is 38.3. The Hall–Kier alpha value is -2.36. The molecule has 0 saturated carbocycles. The summed E-state index contributed by atoms with van der Waals surface area (Å²) < 4.78 is 66.7. The Balaban J connectivity index is 0. The zero-order valence-electron chi connectivity index (χ0n) is 59.2. The van der Waals surface area contributed by atoms with Crippen molar-refractivity contribution in [3.63, 3.8) is 0 Å². The van der Waals surface area contributed by atoms with Gasteiger partial charge in [-0.15, -0.1) is 0 Å². The molecule has 0 aliphatic carbocycles. The average molecular weight is 1400 g/mol. The summed E-state index contributed by atoms with van der Waals surface area (Å²) in [6.07, 6.45) is 37.8. The van der Waals surface area contributed by atoms with E-state index in [1.807, 2.05) is 6.08 Å². The predicted octanol–water partition coefficient (Wildman–Crippen LogP) is 10.9. The van der Waals surface area contributed by atoms with E-state index in [2.05, 4.69) is 27.7 Å². The molecule has 2 aromatic rings. The summed E-state index contributed by atoms with van der Waals surface area (Å²) in [5.41, 5.74) is 1.63. The smallest absolute Gasteiger partial charge is 0.756 e. The number of carbonyl (C=O) groups excluding carboxylic acids is 4. The van der Waals surface area contributed by atoms with Crippen LogP contribution in [0.2, 0.25) is 0 Å². The van der Waals surface area contributed by atoms with Gasteiger partial charge in [-0.3, -0.25) is 28.3 Å². The van der Waals surface area contributed by atoms with Crippen molar-refractivity contribution >= 4 is 51.7 Å². The van der Waals surface area contributed by atoms with E-state index in [0.717, 1.165) is 108 Å². The number of benzene rings is 2. The molecule has 2 aromatic carbocycles. The van der Waals surface area contributed by atoms with E-state index in [1.54, 1.807) is 42.5 Å². The molecule has 0 saturated heterocycles. The Morgan fingerprint density at radius 3 is 0.937 bits per heavy atom. The molecule has 4 N–H and O–H groups in total. The zero-order chi connectivity index (χ0) is 68.5. The number of ether oxygens (including phenoxy) is 4. The van der Waals surface area contributed by atoms with Gasteiger partial charge in [-0.25, -0.2) is 0 Å². The van der Waals surface area contributed by atoms with Gasteiger partial charge in [0.1, 0.15) is 36.6 Å². The van der Waals surface area contributed by atoms with Crippen LogP contribution in [0.5, 0.6) is 17.2 Å². The molecule has 0 heterocycles. The summed E-state index contributed by atoms with van der Waals surface area (Å²) in [6.45, 7) is 4.36. The molecule has 0 fully saturated rings. The fourth-order valence-electron chi connectivity index (χ4n) is 9.88. The monoisotopic (exact) mass is 1400 g/mol. The van der Waals surface area contributed by atoms with E-state index in [4.69, 9.17) is 42.1 Å². The summed E-state index contributed by atoms with van der Waals surface area (Å²) >= 11 is 0. The number of hydrogen-bond acceptors (Lipinski definition) is 20. The van der Waals surface area contributed by atoms with E-state index in [1.165, 1.54) is 109 Å². The number of aliphatic hydroxyl groups is 1. The van der Waals surface area contributed by atoms with Gasteiger partial charge in [0.2, 0.25) is 0 Å². The summed E-state index contributed by atoms with van der Waals surface area (Å²) in [7, 11) is -10.4. The molecule has 24 heteroatoms. The van der Waals surface area contributed by atoms with Crippen molar-refractivity contribution in [1.82, 2.24) is 0 Å². The number of phosphoric ester groups is 2. The maximum absolute atomic E-state index is 12.8. The van der Waals surface area contributed by atoms with Crippen molar-refractivity contribution in [2.45, 2.75) is 303 Å². The summed E-state index contributed by atoms with van der Waals surface area (Å²) in [5, 5.41) is 38.1. The number of rotatable bonds is 60. The molecule has 0 amide bonds. The second kappa shape index (κ2) is 63.8. The number of phenolic OH excluding ortho intramolecular Hbond substituents is 3. The molecule has 0 aromatic heterocycles. The molecule has 0 spiro atoms. The Bertz CT molecular complexity index is 2200. The molecule has 536 valence electrons. The third-order valence-electron chi connectivity index (χ3n) is 15.4. The van der Waals surface area contributed by atoms with Gasteiger partial charge in [-0.1, -0.05) is 257 Å². The van der Waals surface area contributed by atoms with E-state index < -0.39 is 97.5 Å². The fourth-order valence-corrected chi connectivity index (χ4v) is 11.4. The topological polar surface area (TPSA) is 303 Å². The molecule has 0 aliphatic heterocycles. The number of unbranched alkanes of at least 4 members (excludes halogenated alkanes) is 32. The van der Waals surface area contributed by atoms with Gasteiger partial charge in [0.05, 0.1) is 26.4 Å². The first kappa shape index (κ1) is 94.7. The molecule has 0 bridgehead atoms. The second-order valence-corrected chi connectivity index (χ2v) is 27.2. The SMILES string of the molecule is CCCCCCCCCCCC(=O)OCC(COP(=O)([O-])OCC(O)COP(=O)([O-])OCC(COC(=O)CCCCCCCCCCC)OC(=O)CCCCCCCCCCC)OC(=O)CCCCCCCCCCC.Oc1ccc(C=Cc2cc(O)cc(O)c2)cc1.[Na+].[Na+]. The number of aromatic hydroxyl groups is 3. The third kappa shape index (κ3) is 60.2. The minimum atomic E-state index is -5.20. The molecular weight excluding hydrogens is 1280 g/mol. The largest absolute Gasteiger partial charge is 1.00 e. The van der Waals surface area contributed by atoms with E-state index in [-0.39, 0.29) is 102 Å². The quantitative estimate of drug-likeness (QED) is 0.0119. The van der Waals surface area contributed by atoms with Gasteiger partial charge in [0.25, 0.3) is 15.6 Å². The summed E-state index contributed by atoms with van der Waals surface area (Å²) in [6, 6.07) is 11.1. The summed E-state index contributed by atoms with van der Waals surface area (Å²) in [4.78, 5) is 76.2. The number of aliphatic hydroxyl groups excluding tert-OH is 1. The van der Waals surface area contributed by atoms with Gasteiger partial charge >= 0.3 is 83.0 Å². The number of phosphoric acid groups is 2. The van der Waals surface area contributed by atoms with Crippen LogP contribution in [0.1, 0.15) is 296 Å². The van der Waals surface area contributed by atoms with Gasteiger partial charge in [0.15, 0.2) is 12.2 Å². The van der Waals surface area contributed by atoms with Crippen molar-refractivity contribution in [1.29, 1.82) is 0 Å². The maximum atomic E-state index is 12.8. The average Bonchev–Trinajstić information content (AvgIpc) is 1.39. The zero-order valence-corrected chi connectivity index (χ0v) is 65.0. The van der Waals surface area contributed by atoms with Gasteiger partial charge < -0.3 is 67.3 Å². The van der Waals surface area contributed by atoms with Crippen molar-refractivity contribution in [3.05, 3.63) is 53.6 Å². The molecular formula is C71H120Na2O20P2. The van der Waals surface area contributed by atoms with Crippen LogP contribution in [0.4, 0.5) is 0 Å². The third-order valence-corrected chi connectivity index (χ3v) is 17.2. The summed E-state index contributed by atoms with van der Waals surface area (Å²) in [5.74, 6) is -1.97. The van der Waals surface area contributed by atoms with Crippen molar-refractivity contribution in [2.24, 2.45) is 0 Å². The molecule has 0 aliphatic rings. The molecule has 2 rings (SSSR count). The van der Waals surface area contributed by atoms with Crippen LogP contribution < -0.4 is 68.9 Å². The maximum Gasteiger partial charge on any atom is 1.00 e. The van der Waals surface area contributed by atoms with Crippen molar-refractivity contribution in [3.8, 4) is 17.2 Å². The van der Waals surface area contributed by atoms with Gasteiger partial charge in [0, 0.05) is 31.7 Å². The predicted molar refractivity (Wildman–Crippen MR) is 361 cm³/mol. The molecule has 4 unspecified atom stereocenters. The molecule has 20 nitrogen and oxygen atoms in total.